The summed E-state index contributed by atoms with van der Waals surface area (Å²) in [6.45, 7) is 2.48. The van der Waals surface area contributed by atoms with E-state index >= 15 is 0 Å². The van der Waals surface area contributed by atoms with Crippen LogP contribution in [0.15, 0.2) is 45.4 Å². The van der Waals surface area contributed by atoms with Gasteiger partial charge in [0, 0.05) is 13.1 Å². The molecule has 0 atom stereocenters. The Morgan fingerprint density at radius 2 is 1.18 bits per heavy atom. The van der Waals surface area contributed by atoms with Gasteiger partial charge in [-0.25, -0.2) is 13.6 Å². The molecule has 13 heteroatoms. The van der Waals surface area contributed by atoms with Gasteiger partial charge >= 0.3 is 6.03 Å². The molecule has 1 aliphatic heterocycles. The SMILES string of the molecule is Cc1onc(-c2c(F)cccc2Cl)c1C(=O)N1CCN(C(=O)c2c(-c3c(F)cccc3Cl)noc2C)C1=O. The summed E-state index contributed by atoms with van der Waals surface area (Å²) >= 11 is 12.3. The number of amides is 4. The third-order valence-electron chi connectivity index (χ3n) is 6.05. The summed E-state index contributed by atoms with van der Waals surface area (Å²) in [5.74, 6) is -3.17. The summed E-state index contributed by atoms with van der Waals surface area (Å²) < 4.78 is 39.4. The highest BCUT2D eigenvalue weighted by Crippen LogP contribution is 2.36. The largest absolute Gasteiger partial charge is 0.360 e. The molecule has 0 radical (unpaired) electrons. The molecule has 0 saturated carbocycles. The number of carbonyl (C=O) groups excluding carboxylic acids is 3. The first-order valence-corrected chi connectivity index (χ1v) is 11.9. The molecule has 0 bridgehead atoms. The molecular formula is C25H16Cl2F2N4O5. The van der Waals surface area contributed by atoms with E-state index in [4.69, 9.17) is 32.2 Å². The number of halogens is 4. The summed E-state index contributed by atoms with van der Waals surface area (Å²) in [6.07, 6.45) is 0. The van der Waals surface area contributed by atoms with Crippen molar-refractivity contribution in [2.45, 2.75) is 13.8 Å². The lowest BCUT2D eigenvalue weighted by Crippen LogP contribution is -2.39. The highest BCUT2D eigenvalue weighted by molar-refractivity contribution is 6.34. The van der Waals surface area contributed by atoms with Gasteiger partial charge in [0.25, 0.3) is 11.8 Å². The van der Waals surface area contributed by atoms with Crippen LogP contribution in [0.25, 0.3) is 22.5 Å². The average molecular weight is 561 g/mol. The number of benzene rings is 2. The molecule has 1 aliphatic rings. The van der Waals surface area contributed by atoms with Crippen LogP contribution in [0.1, 0.15) is 32.2 Å². The predicted octanol–water partition coefficient (Wildman–Crippen LogP) is 5.92. The smallest absolute Gasteiger partial charge is 0.334 e. The number of urea groups is 1. The Morgan fingerprint density at radius 3 is 1.55 bits per heavy atom. The third kappa shape index (κ3) is 4.04. The molecule has 5 rings (SSSR count). The molecule has 3 heterocycles. The summed E-state index contributed by atoms with van der Waals surface area (Å²) in [5, 5.41) is 7.54. The Morgan fingerprint density at radius 1 is 0.789 bits per heavy atom. The number of aryl methyl sites for hydroxylation is 2. The van der Waals surface area contributed by atoms with Crippen molar-refractivity contribution in [3.8, 4) is 22.5 Å². The Balaban J connectivity index is 1.48. The predicted molar refractivity (Wildman–Crippen MR) is 131 cm³/mol. The zero-order valence-corrected chi connectivity index (χ0v) is 21.2. The van der Waals surface area contributed by atoms with Crippen LogP contribution in [-0.2, 0) is 0 Å². The van der Waals surface area contributed by atoms with Crippen molar-refractivity contribution in [2.24, 2.45) is 0 Å². The molecule has 9 nitrogen and oxygen atoms in total. The molecule has 194 valence electrons. The highest BCUT2D eigenvalue weighted by atomic mass is 35.5. The van der Waals surface area contributed by atoms with Gasteiger partial charge in [-0.05, 0) is 38.1 Å². The third-order valence-corrected chi connectivity index (χ3v) is 6.68. The minimum atomic E-state index is -0.961. The molecule has 4 amide bonds. The lowest BCUT2D eigenvalue weighted by Gasteiger charge is -2.17. The normalized spacial score (nSPS) is 13.5. The second kappa shape index (κ2) is 9.66. The molecular weight excluding hydrogens is 545 g/mol. The van der Waals surface area contributed by atoms with Crippen LogP contribution < -0.4 is 0 Å². The van der Waals surface area contributed by atoms with E-state index < -0.39 is 29.5 Å². The number of hydrogen-bond donors (Lipinski definition) is 0. The number of rotatable bonds is 4. The fourth-order valence-electron chi connectivity index (χ4n) is 4.22. The first-order valence-electron chi connectivity index (χ1n) is 11.1. The Kier molecular flexibility index (Phi) is 6.49. The zero-order valence-electron chi connectivity index (χ0n) is 19.7. The van der Waals surface area contributed by atoms with Gasteiger partial charge in [0.2, 0.25) is 0 Å². The monoisotopic (exact) mass is 560 g/mol. The van der Waals surface area contributed by atoms with Crippen LogP contribution in [0.2, 0.25) is 10.0 Å². The minimum Gasteiger partial charge on any atom is -0.360 e. The Bertz CT molecular complexity index is 1480. The van der Waals surface area contributed by atoms with Gasteiger partial charge in [0.05, 0.1) is 21.2 Å². The molecule has 1 fully saturated rings. The number of imide groups is 2. The van der Waals surface area contributed by atoms with Crippen molar-refractivity contribution in [1.29, 1.82) is 0 Å². The van der Waals surface area contributed by atoms with Gasteiger partial charge < -0.3 is 9.05 Å². The summed E-state index contributed by atoms with van der Waals surface area (Å²) in [4.78, 5) is 41.8. The molecule has 0 spiro atoms. The van der Waals surface area contributed by atoms with Gasteiger partial charge in [-0.1, -0.05) is 45.6 Å². The van der Waals surface area contributed by atoms with Crippen LogP contribution in [0.5, 0.6) is 0 Å². The number of nitrogens with zero attached hydrogens (tertiary/aromatic N) is 4. The molecule has 0 unspecified atom stereocenters. The quantitative estimate of drug-likeness (QED) is 0.304. The van der Waals surface area contributed by atoms with Crippen molar-refractivity contribution in [2.75, 3.05) is 13.1 Å². The summed E-state index contributed by atoms with van der Waals surface area (Å²) in [5.41, 5.74) is -1.06. The maximum Gasteiger partial charge on any atom is 0.334 e. The van der Waals surface area contributed by atoms with E-state index in [1.165, 1.54) is 38.1 Å². The number of carbonyl (C=O) groups is 3. The lowest BCUT2D eigenvalue weighted by atomic mass is 10.0. The Labute approximate surface area is 223 Å². The highest BCUT2D eigenvalue weighted by Gasteiger charge is 2.42. The van der Waals surface area contributed by atoms with Gasteiger partial charge in [0.15, 0.2) is 0 Å². The lowest BCUT2D eigenvalue weighted by molar-refractivity contribution is 0.0789. The van der Waals surface area contributed by atoms with Crippen molar-refractivity contribution >= 4 is 41.0 Å². The van der Waals surface area contributed by atoms with Gasteiger partial charge in [-0.3, -0.25) is 19.4 Å². The maximum absolute atomic E-state index is 14.6. The van der Waals surface area contributed by atoms with Crippen molar-refractivity contribution in [3.05, 3.63) is 80.7 Å². The van der Waals surface area contributed by atoms with Gasteiger partial charge in [0.1, 0.15) is 45.7 Å². The molecule has 38 heavy (non-hydrogen) atoms. The van der Waals surface area contributed by atoms with Crippen LogP contribution in [0.3, 0.4) is 0 Å². The van der Waals surface area contributed by atoms with E-state index in [1.54, 1.807) is 0 Å². The standard InChI is InChI=1S/C25H16Cl2F2N4O5/c1-11-17(21(30-37-11)19-13(26)5-3-7-15(19)28)23(34)32-9-10-33(25(32)36)24(35)18-12(2)38-31-22(18)20-14(27)6-4-8-16(20)29/h3-8H,9-10H2,1-2H3. The van der Waals surface area contributed by atoms with E-state index in [1.807, 2.05) is 0 Å². The van der Waals surface area contributed by atoms with Crippen molar-refractivity contribution in [3.63, 3.8) is 0 Å². The van der Waals surface area contributed by atoms with Crippen LogP contribution in [0, 0.1) is 25.5 Å². The summed E-state index contributed by atoms with van der Waals surface area (Å²) in [7, 11) is 0. The van der Waals surface area contributed by atoms with Crippen LogP contribution in [0.4, 0.5) is 13.6 Å². The van der Waals surface area contributed by atoms with Gasteiger partial charge in [-0.2, -0.15) is 0 Å². The number of hydrogen-bond acceptors (Lipinski definition) is 7. The summed E-state index contributed by atoms with van der Waals surface area (Å²) in [6, 6.07) is 6.93. The van der Waals surface area contributed by atoms with E-state index in [-0.39, 0.29) is 68.3 Å². The Hall–Kier alpha value is -4.09. The molecule has 0 aliphatic carbocycles. The molecule has 0 N–H and O–H groups in total. The second-order valence-corrected chi connectivity index (χ2v) is 9.13. The molecule has 2 aromatic heterocycles. The van der Waals surface area contributed by atoms with Crippen molar-refractivity contribution in [1.82, 2.24) is 20.1 Å². The van der Waals surface area contributed by atoms with Crippen molar-refractivity contribution < 1.29 is 32.2 Å². The first kappa shape index (κ1) is 25.6. The zero-order chi connectivity index (χ0) is 27.3. The molecule has 4 aromatic rings. The van der Waals surface area contributed by atoms with Gasteiger partial charge in [-0.15, -0.1) is 0 Å². The van der Waals surface area contributed by atoms with E-state index in [9.17, 15) is 23.2 Å². The first-order chi connectivity index (χ1) is 18.1. The van der Waals surface area contributed by atoms with E-state index in [0.717, 1.165) is 21.9 Å². The fraction of sp³-hybridized carbons (Fsp3) is 0.160. The molecule has 1 saturated heterocycles. The molecule has 2 aromatic carbocycles. The second-order valence-electron chi connectivity index (χ2n) is 8.31. The van der Waals surface area contributed by atoms with E-state index in [0.29, 0.717) is 0 Å². The number of aromatic nitrogens is 2. The minimum absolute atomic E-state index is 0.0147. The fourth-order valence-corrected chi connectivity index (χ4v) is 4.73. The van der Waals surface area contributed by atoms with E-state index in [2.05, 4.69) is 10.3 Å². The van der Waals surface area contributed by atoms with Crippen LogP contribution >= 0.6 is 23.2 Å². The topological polar surface area (TPSA) is 110 Å². The maximum atomic E-state index is 14.6. The average Bonchev–Trinajstić information content (AvgIpc) is 3.55. The van der Waals surface area contributed by atoms with Crippen LogP contribution in [-0.4, -0.2) is 51.0 Å².